The normalized spacial score (nSPS) is 11.4. The first-order valence-electron chi connectivity index (χ1n) is 9.51. The fourth-order valence-corrected chi connectivity index (χ4v) is 3.63. The van der Waals surface area contributed by atoms with Gasteiger partial charge in [-0.3, -0.25) is 9.48 Å². The zero-order chi connectivity index (χ0) is 22.1. The first kappa shape index (κ1) is 20.9. The molecule has 3 aromatic heterocycles. The van der Waals surface area contributed by atoms with E-state index in [1.165, 1.54) is 10.7 Å². The van der Waals surface area contributed by atoms with Crippen LogP contribution < -0.4 is 5.32 Å². The number of hydrogen-bond acceptors (Lipinski definition) is 4. The fourth-order valence-electron chi connectivity index (χ4n) is 3.44. The maximum atomic E-state index is 13.4. The van der Waals surface area contributed by atoms with Crippen molar-refractivity contribution >= 4 is 34.4 Å². The van der Waals surface area contributed by atoms with E-state index >= 15 is 0 Å². The van der Waals surface area contributed by atoms with Gasteiger partial charge in [-0.05, 0) is 31.5 Å². The molecule has 7 nitrogen and oxygen atoms in total. The van der Waals surface area contributed by atoms with Crippen molar-refractivity contribution < 1.29 is 13.6 Å². The Morgan fingerprint density at radius 1 is 1.19 bits per heavy atom. The van der Waals surface area contributed by atoms with Crippen LogP contribution in [0, 0.1) is 13.8 Å². The number of aromatic nitrogens is 5. The predicted octanol–water partition coefficient (Wildman–Crippen LogP) is 4.52. The largest absolute Gasteiger partial charge is 0.308 e. The van der Waals surface area contributed by atoms with Gasteiger partial charge < -0.3 is 5.32 Å². The molecule has 3 heterocycles. The summed E-state index contributed by atoms with van der Waals surface area (Å²) < 4.78 is 29.9. The first-order chi connectivity index (χ1) is 14.8. The molecule has 0 fully saturated rings. The van der Waals surface area contributed by atoms with Gasteiger partial charge in [0.15, 0.2) is 11.5 Å². The predicted molar refractivity (Wildman–Crippen MR) is 113 cm³/mol. The molecule has 1 amide bonds. The highest BCUT2D eigenvalue weighted by molar-refractivity contribution is 6.31. The lowest BCUT2D eigenvalue weighted by molar-refractivity contribution is -0.116. The van der Waals surface area contributed by atoms with E-state index in [9.17, 15) is 13.6 Å². The van der Waals surface area contributed by atoms with Crippen molar-refractivity contribution in [3.63, 3.8) is 0 Å². The molecule has 0 aliphatic carbocycles. The van der Waals surface area contributed by atoms with Crippen molar-refractivity contribution in [2.75, 3.05) is 5.32 Å². The van der Waals surface area contributed by atoms with Gasteiger partial charge in [-0.2, -0.15) is 10.2 Å². The lowest BCUT2D eigenvalue weighted by Gasteiger charge is -2.07. The van der Waals surface area contributed by atoms with Crippen LogP contribution in [-0.2, 0) is 17.9 Å². The molecule has 0 atom stereocenters. The number of benzene rings is 1. The Morgan fingerprint density at radius 2 is 1.97 bits per heavy atom. The number of carbonyl (C=O) groups is 1. The third-order valence-corrected chi connectivity index (χ3v) is 5.13. The van der Waals surface area contributed by atoms with Crippen LogP contribution >= 0.6 is 11.6 Å². The third kappa shape index (κ3) is 4.41. The summed E-state index contributed by atoms with van der Waals surface area (Å²) in [5.41, 5.74) is 1.86. The number of alkyl halides is 2. The van der Waals surface area contributed by atoms with Crippen LogP contribution in [0.15, 0.2) is 42.6 Å². The number of hydrogen-bond donors (Lipinski definition) is 1. The lowest BCUT2D eigenvalue weighted by Crippen LogP contribution is -2.20. The Labute approximate surface area is 181 Å². The van der Waals surface area contributed by atoms with E-state index in [1.807, 2.05) is 18.2 Å². The number of amides is 1. The van der Waals surface area contributed by atoms with Gasteiger partial charge in [0.2, 0.25) is 5.91 Å². The number of halogens is 3. The SMILES string of the molecule is Cc1cc(C(F)F)c2c(C)nn(CC(=O)Nc3ccn(Cc4ccccc4Cl)n3)c2n1. The molecule has 0 spiro atoms. The van der Waals surface area contributed by atoms with Crippen LogP contribution in [0.5, 0.6) is 0 Å². The average Bonchev–Trinajstić information content (AvgIpc) is 3.27. The molecule has 4 rings (SSSR count). The Balaban J connectivity index is 1.50. The van der Waals surface area contributed by atoms with Crippen LogP contribution in [0.3, 0.4) is 0 Å². The van der Waals surface area contributed by atoms with E-state index in [-0.39, 0.29) is 23.1 Å². The number of aryl methyl sites for hydroxylation is 2. The molecule has 1 N–H and O–H groups in total. The van der Waals surface area contributed by atoms with Crippen LogP contribution in [0.4, 0.5) is 14.6 Å². The number of pyridine rings is 1. The highest BCUT2D eigenvalue weighted by Gasteiger charge is 2.20. The number of rotatable bonds is 6. The van der Waals surface area contributed by atoms with Crippen LogP contribution in [-0.4, -0.2) is 30.5 Å². The molecule has 0 radical (unpaired) electrons. The summed E-state index contributed by atoms with van der Waals surface area (Å²) in [6, 6.07) is 10.4. The van der Waals surface area contributed by atoms with E-state index in [2.05, 4.69) is 20.5 Å². The minimum atomic E-state index is -2.66. The van der Waals surface area contributed by atoms with Gasteiger partial charge in [0.1, 0.15) is 6.54 Å². The van der Waals surface area contributed by atoms with Crippen molar-refractivity contribution in [1.29, 1.82) is 0 Å². The summed E-state index contributed by atoms with van der Waals surface area (Å²) in [5, 5.41) is 12.2. The Hall–Kier alpha value is -3.33. The van der Waals surface area contributed by atoms with Gasteiger partial charge in [-0.1, -0.05) is 29.8 Å². The minimum absolute atomic E-state index is 0.134. The number of anilines is 1. The molecule has 1 aromatic carbocycles. The standard InChI is InChI=1S/C21H19ClF2N6O/c1-12-9-15(20(23)24)19-13(2)27-30(21(19)25-12)11-18(31)26-17-7-8-29(28-17)10-14-5-3-4-6-16(14)22/h3-9,20H,10-11H2,1-2H3,(H,26,28,31). The Morgan fingerprint density at radius 3 is 2.71 bits per heavy atom. The summed E-state index contributed by atoms with van der Waals surface area (Å²) in [4.78, 5) is 16.9. The zero-order valence-electron chi connectivity index (χ0n) is 16.8. The van der Waals surface area contributed by atoms with Crippen molar-refractivity contribution in [3.05, 3.63) is 70.1 Å². The summed E-state index contributed by atoms with van der Waals surface area (Å²) >= 11 is 6.17. The van der Waals surface area contributed by atoms with Crippen molar-refractivity contribution in [3.8, 4) is 0 Å². The highest BCUT2D eigenvalue weighted by Crippen LogP contribution is 2.30. The van der Waals surface area contributed by atoms with Gasteiger partial charge in [0.05, 0.1) is 17.6 Å². The van der Waals surface area contributed by atoms with E-state index in [0.717, 1.165) is 5.56 Å². The van der Waals surface area contributed by atoms with E-state index in [1.54, 1.807) is 36.9 Å². The maximum absolute atomic E-state index is 13.4. The van der Waals surface area contributed by atoms with Crippen molar-refractivity contribution in [2.24, 2.45) is 0 Å². The molecule has 160 valence electrons. The zero-order valence-corrected chi connectivity index (χ0v) is 17.6. The summed E-state index contributed by atoms with van der Waals surface area (Å²) in [6.07, 6.45) is -0.928. The fraction of sp³-hybridized carbons (Fsp3) is 0.238. The summed E-state index contributed by atoms with van der Waals surface area (Å²) in [7, 11) is 0. The second-order valence-electron chi connectivity index (χ2n) is 7.13. The minimum Gasteiger partial charge on any atom is -0.308 e. The highest BCUT2D eigenvalue weighted by atomic mass is 35.5. The number of nitrogens with one attached hydrogen (secondary N) is 1. The molecule has 10 heteroatoms. The molecule has 4 aromatic rings. The smallest absolute Gasteiger partial charge is 0.264 e. The average molecular weight is 445 g/mol. The van der Waals surface area contributed by atoms with Crippen LogP contribution in [0.1, 0.15) is 28.9 Å². The Kier molecular flexibility index (Phi) is 5.69. The molecule has 0 saturated heterocycles. The van der Waals surface area contributed by atoms with Gasteiger partial charge in [0, 0.05) is 28.5 Å². The van der Waals surface area contributed by atoms with Gasteiger partial charge >= 0.3 is 0 Å². The van der Waals surface area contributed by atoms with E-state index < -0.39 is 12.3 Å². The monoisotopic (exact) mass is 444 g/mol. The van der Waals surface area contributed by atoms with Crippen molar-refractivity contribution in [2.45, 2.75) is 33.4 Å². The summed E-state index contributed by atoms with van der Waals surface area (Å²) in [6.45, 7) is 3.53. The van der Waals surface area contributed by atoms with Gasteiger partial charge in [0.25, 0.3) is 6.43 Å². The van der Waals surface area contributed by atoms with E-state index in [4.69, 9.17) is 11.6 Å². The molecule has 0 aliphatic heterocycles. The van der Waals surface area contributed by atoms with Crippen LogP contribution in [0.25, 0.3) is 11.0 Å². The molecular weight excluding hydrogens is 426 g/mol. The van der Waals surface area contributed by atoms with Gasteiger partial charge in [-0.25, -0.2) is 18.4 Å². The van der Waals surface area contributed by atoms with E-state index in [0.29, 0.717) is 28.8 Å². The molecule has 0 aliphatic rings. The second kappa shape index (κ2) is 8.43. The molecule has 0 bridgehead atoms. The first-order valence-corrected chi connectivity index (χ1v) is 9.89. The molecule has 0 saturated carbocycles. The molecule has 0 unspecified atom stereocenters. The molecule has 31 heavy (non-hydrogen) atoms. The molecular formula is C21H19ClF2N6O. The number of carbonyl (C=O) groups excluding carboxylic acids is 1. The number of nitrogens with zero attached hydrogens (tertiary/aromatic N) is 5. The summed E-state index contributed by atoms with van der Waals surface area (Å²) in [5.74, 6) is -0.0306. The Bertz CT molecular complexity index is 1270. The van der Waals surface area contributed by atoms with Crippen molar-refractivity contribution in [1.82, 2.24) is 24.5 Å². The van der Waals surface area contributed by atoms with Gasteiger partial charge in [-0.15, -0.1) is 0 Å². The quantitative estimate of drug-likeness (QED) is 0.474. The second-order valence-corrected chi connectivity index (χ2v) is 7.54. The topological polar surface area (TPSA) is 77.6 Å². The van der Waals surface area contributed by atoms with Crippen LogP contribution in [0.2, 0.25) is 5.02 Å². The maximum Gasteiger partial charge on any atom is 0.264 e. The number of fused-ring (bicyclic) bond motifs is 1. The third-order valence-electron chi connectivity index (χ3n) is 4.76. The lowest BCUT2D eigenvalue weighted by atomic mass is 10.1.